The maximum atomic E-state index is 13.1. The van der Waals surface area contributed by atoms with Gasteiger partial charge in [0, 0.05) is 31.4 Å². The number of nitrogens with one attached hydrogen (secondary N) is 2. The molecule has 0 spiro atoms. The van der Waals surface area contributed by atoms with Gasteiger partial charge in [-0.15, -0.1) is 0 Å². The molecule has 0 aromatic carbocycles. The van der Waals surface area contributed by atoms with Crippen molar-refractivity contribution in [3.63, 3.8) is 0 Å². The fourth-order valence-corrected chi connectivity index (χ4v) is 2.93. The molecule has 0 bridgehead atoms. The summed E-state index contributed by atoms with van der Waals surface area (Å²) >= 11 is 0. The molecule has 0 aliphatic rings. The average Bonchev–Trinajstić information content (AvgIpc) is 2.78. The number of carbonyl (C=O) groups excluding carboxylic acids is 1. The van der Waals surface area contributed by atoms with E-state index in [9.17, 15) is 9.59 Å². The number of likely N-dealkylation sites (N-methyl/N-ethyl adjacent to an activating group) is 1. The van der Waals surface area contributed by atoms with Crippen LogP contribution in [-0.4, -0.2) is 58.8 Å². The van der Waals surface area contributed by atoms with Gasteiger partial charge in [-0.1, -0.05) is 0 Å². The van der Waals surface area contributed by atoms with Crippen molar-refractivity contribution in [3.05, 3.63) is 40.9 Å². The second kappa shape index (κ2) is 9.98. The van der Waals surface area contributed by atoms with Gasteiger partial charge >= 0.3 is 0 Å². The summed E-state index contributed by atoms with van der Waals surface area (Å²) in [5, 5.41) is 5.31. The summed E-state index contributed by atoms with van der Waals surface area (Å²) < 4.78 is 12.3. The quantitative estimate of drug-likeness (QED) is 0.527. The number of rotatable bonds is 9. The van der Waals surface area contributed by atoms with E-state index in [0.717, 1.165) is 5.56 Å². The Hall–Kier alpha value is -3.53. The van der Waals surface area contributed by atoms with Crippen molar-refractivity contribution in [1.82, 2.24) is 24.8 Å². The van der Waals surface area contributed by atoms with Crippen LogP contribution in [0.2, 0.25) is 0 Å². The minimum absolute atomic E-state index is 0.0391. The molecule has 0 saturated carbocycles. The molecule has 0 aliphatic heterocycles. The Bertz CT molecular complexity index is 1110. The highest BCUT2D eigenvalue weighted by atomic mass is 16.5. The van der Waals surface area contributed by atoms with Crippen molar-refractivity contribution in [2.45, 2.75) is 26.5 Å². The topological polar surface area (TPSA) is 120 Å². The third kappa shape index (κ3) is 5.34. The molecule has 3 heterocycles. The van der Waals surface area contributed by atoms with Gasteiger partial charge in [-0.05, 0) is 26.0 Å². The lowest BCUT2D eigenvalue weighted by molar-refractivity contribution is -0.118. The van der Waals surface area contributed by atoms with Crippen molar-refractivity contribution in [3.8, 4) is 17.1 Å². The van der Waals surface area contributed by atoms with Crippen molar-refractivity contribution in [2.75, 3.05) is 32.6 Å². The zero-order valence-corrected chi connectivity index (χ0v) is 18.0. The monoisotopic (exact) mass is 426 g/mol. The number of methoxy groups -OCH3 is 1. The van der Waals surface area contributed by atoms with Crippen LogP contribution < -0.4 is 20.9 Å². The highest BCUT2D eigenvalue weighted by Crippen LogP contribution is 2.22. The second-order valence-electron chi connectivity index (χ2n) is 7.01. The summed E-state index contributed by atoms with van der Waals surface area (Å²) in [7, 11) is 3.08. The largest absolute Gasteiger partial charge is 0.481 e. The highest BCUT2D eigenvalue weighted by molar-refractivity contribution is 5.82. The van der Waals surface area contributed by atoms with Crippen LogP contribution in [0.25, 0.3) is 22.3 Å². The molecular formula is C21H26N6O4. The number of ether oxygens (including phenoxy) is 2. The molecular weight excluding hydrogens is 400 g/mol. The SMILES string of the molecule is CNC(=O)CNc1nc2cnc(-c3ccc(OC)nc3)cc2n(CCOC(C)C)c1=O. The molecule has 0 fully saturated rings. The molecule has 0 unspecified atom stereocenters. The summed E-state index contributed by atoms with van der Waals surface area (Å²) in [5.74, 6) is 0.332. The number of amides is 1. The van der Waals surface area contributed by atoms with Crippen LogP contribution in [0.1, 0.15) is 13.8 Å². The first-order valence-electron chi connectivity index (χ1n) is 9.90. The molecule has 0 radical (unpaired) electrons. The summed E-state index contributed by atoms with van der Waals surface area (Å²) in [6, 6.07) is 5.39. The van der Waals surface area contributed by atoms with Crippen LogP contribution in [0, 0.1) is 0 Å². The van der Waals surface area contributed by atoms with E-state index in [4.69, 9.17) is 9.47 Å². The van der Waals surface area contributed by atoms with E-state index in [1.807, 2.05) is 19.9 Å². The van der Waals surface area contributed by atoms with Gasteiger partial charge in [0.2, 0.25) is 11.8 Å². The number of carbonyl (C=O) groups is 1. The molecule has 2 N–H and O–H groups in total. The first-order chi connectivity index (χ1) is 14.9. The molecule has 10 nitrogen and oxygen atoms in total. The average molecular weight is 426 g/mol. The minimum atomic E-state index is -0.339. The van der Waals surface area contributed by atoms with E-state index in [1.165, 1.54) is 7.05 Å². The maximum absolute atomic E-state index is 13.1. The minimum Gasteiger partial charge on any atom is -0.481 e. The van der Waals surface area contributed by atoms with Crippen LogP contribution >= 0.6 is 0 Å². The normalized spacial score (nSPS) is 11.0. The smallest absolute Gasteiger partial charge is 0.293 e. The molecule has 3 aromatic rings. The van der Waals surface area contributed by atoms with Crippen LogP contribution in [-0.2, 0) is 16.1 Å². The Balaban J connectivity index is 2.04. The van der Waals surface area contributed by atoms with E-state index in [1.54, 1.807) is 36.2 Å². The summed E-state index contributed by atoms with van der Waals surface area (Å²) in [5.41, 5.74) is 2.22. The molecule has 0 saturated heterocycles. The van der Waals surface area contributed by atoms with Gasteiger partial charge in [-0.25, -0.2) is 9.97 Å². The van der Waals surface area contributed by atoms with Crippen LogP contribution in [0.5, 0.6) is 5.88 Å². The lowest BCUT2D eigenvalue weighted by Gasteiger charge is -2.15. The van der Waals surface area contributed by atoms with Gasteiger partial charge in [-0.3, -0.25) is 14.6 Å². The fourth-order valence-electron chi connectivity index (χ4n) is 2.93. The van der Waals surface area contributed by atoms with Gasteiger partial charge in [0.1, 0.15) is 5.52 Å². The fraction of sp³-hybridized carbons (Fsp3) is 0.381. The Morgan fingerprint density at radius 2 is 2.03 bits per heavy atom. The van der Waals surface area contributed by atoms with Crippen LogP contribution in [0.4, 0.5) is 5.82 Å². The number of nitrogens with zero attached hydrogens (tertiary/aromatic N) is 4. The Morgan fingerprint density at radius 3 is 2.68 bits per heavy atom. The first-order valence-corrected chi connectivity index (χ1v) is 9.90. The van der Waals surface area contributed by atoms with E-state index < -0.39 is 0 Å². The zero-order valence-electron chi connectivity index (χ0n) is 18.0. The van der Waals surface area contributed by atoms with E-state index in [2.05, 4.69) is 25.6 Å². The third-order valence-corrected chi connectivity index (χ3v) is 4.54. The van der Waals surface area contributed by atoms with Gasteiger partial charge in [0.15, 0.2) is 5.82 Å². The van der Waals surface area contributed by atoms with E-state index in [-0.39, 0.29) is 29.9 Å². The summed E-state index contributed by atoms with van der Waals surface area (Å²) in [4.78, 5) is 37.7. The Kier molecular flexibility index (Phi) is 7.14. The summed E-state index contributed by atoms with van der Waals surface area (Å²) in [6.45, 7) is 4.49. The van der Waals surface area contributed by atoms with Gasteiger partial charge < -0.3 is 24.7 Å². The molecule has 0 atom stereocenters. The molecule has 3 aromatic heterocycles. The number of hydrogen-bond acceptors (Lipinski definition) is 8. The van der Waals surface area contributed by atoms with E-state index in [0.29, 0.717) is 35.8 Å². The van der Waals surface area contributed by atoms with E-state index >= 15 is 0 Å². The van der Waals surface area contributed by atoms with Gasteiger partial charge in [-0.2, -0.15) is 0 Å². The number of aromatic nitrogens is 4. The molecule has 1 amide bonds. The number of pyridine rings is 2. The summed E-state index contributed by atoms with van der Waals surface area (Å²) in [6.07, 6.45) is 3.29. The molecule has 164 valence electrons. The molecule has 31 heavy (non-hydrogen) atoms. The third-order valence-electron chi connectivity index (χ3n) is 4.54. The molecule has 3 rings (SSSR count). The maximum Gasteiger partial charge on any atom is 0.293 e. The van der Waals surface area contributed by atoms with Crippen molar-refractivity contribution >= 4 is 22.8 Å². The first kappa shape index (κ1) is 22.2. The predicted molar refractivity (Wildman–Crippen MR) is 117 cm³/mol. The Morgan fingerprint density at radius 1 is 1.23 bits per heavy atom. The molecule has 10 heteroatoms. The van der Waals surface area contributed by atoms with Gasteiger partial charge in [0.05, 0.1) is 43.8 Å². The molecule has 0 aliphatic carbocycles. The van der Waals surface area contributed by atoms with Crippen molar-refractivity contribution in [1.29, 1.82) is 0 Å². The van der Waals surface area contributed by atoms with Crippen molar-refractivity contribution < 1.29 is 14.3 Å². The van der Waals surface area contributed by atoms with Gasteiger partial charge in [0.25, 0.3) is 5.56 Å². The number of hydrogen-bond donors (Lipinski definition) is 2. The standard InChI is InChI=1S/C21H26N6O4/c1-13(2)31-8-7-27-17-9-15(14-5-6-19(30-4)24-10-14)23-11-16(17)26-20(21(27)29)25-12-18(28)22-3/h5-6,9-11,13H,7-8,12H2,1-4H3,(H,22,28)(H,25,26). The predicted octanol–water partition coefficient (Wildman–Crippen LogP) is 1.44. The van der Waals surface area contributed by atoms with Crippen LogP contribution in [0.3, 0.4) is 0 Å². The lowest BCUT2D eigenvalue weighted by Crippen LogP contribution is -2.32. The second-order valence-corrected chi connectivity index (χ2v) is 7.01. The lowest BCUT2D eigenvalue weighted by atomic mass is 10.2. The van der Waals surface area contributed by atoms with Crippen molar-refractivity contribution in [2.24, 2.45) is 0 Å². The number of anilines is 1. The zero-order chi connectivity index (χ0) is 22.4. The number of fused-ring (bicyclic) bond motifs is 1. The highest BCUT2D eigenvalue weighted by Gasteiger charge is 2.14. The van der Waals surface area contributed by atoms with Crippen LogP contribution in [0.15, 0.2) is 35.4 Å². The Labute approximate surface area is 179 Å².